The molecule has 31 heavy (non-hydrogen) atoms. The lowest BCUT2D eigenvalue weighted by Crippen LogP contribution is -2.46. The molecular formula is C23H27ClN4O2S. The number of rotatable bonds is 7. The van der Waals surface area contributed by atoms with Crippen molar-refractivity contribution in [3.8, 4) is 11.3 Å². The lowest BCUT2D eigenvalue weighted by atomic mass is 9.98. The number of H-pyrrole nitrogens is 1. The normalized spacial score (nSPS) is 17.5. The summed E-state index contributed by atoms with van der Waals surface area (Å²) in [5.41, 5.74) is 3.27. The van der Waals surface area contributed by atoms with Crippen molar-refractivity contribution < 1.29 is 9.90 Å². The van der Waals surface area contributed by atoms with Crippen molar-refractivity contribution in [2.45, 2.75) is 44.7 Å². The van der Waals surface area contributed by atoms with Crippen LogP contribution in [0.4, 0.5) is 0 Å². The first kappa shape index (κ1) is 22.0. The number of carbonyl (C=O) groups excluding carboxylic acids is 1. The van der Waals surface area contributed by atoms with Crippen LogP contribution in [0.15, 0.2) is 36.4 Å². The van der Waals surface area contributed by atoms with Gasteiger partial charge in [0.25, 0.3) is 5.91 Å². The van der Waals surface area contributed by atoms with Crippen LogP contribution >= 0.6 is 22.9 Å². The Hall–Kier alpha value is -2.19. The molecule has 8 heteroatoms. The molecule has 2 atom stereocenters. The first-order valence-corrected chi connectivity index (χ1v) is 11.8. The Morgan fingerprint density at radius 1 is 1.29 bits per heavy atom. The van der Waals surface area contributed by atoms with Gasteiger partial charge in [0.05, 0.1) is 11.7 Å². The summed E-state index contributed by atoms with van der Waals surface area (Å²) in [6, 6.07) is 11.1. The molecule has 2 aromatic heterocycles. The number of aliphatic hydroxyl groups excluding tert-OH is 1. The van der Waals surface area contributed by atoms with E-state index in [1.54, 1.807) is 17.4 Å². The minimum Gasteiger partial charge on any atom is -0.396 e. The number of thiazole rings is 1. The third kappa shape index (κ3) is 5.18. The minimum atomic E-state index is -0.216. The van der Waals surface area contributed by atoms with Crippen molar-refractivity contribution in [2.24, 2.45) is 0 Å². The number of aromatic amines is 1. The molecule has 6 nitrogen and oxygen atoms in total. The zero-order chi connectivity index (χ0) is 21.8. The monoisotopic (exact) mass is 458 g/mol. The van der Waals surface area contributed by atoms with E-state index in [1.165, 1.54) is 0 Å². The molecule has 2 unspecified atom stereocenters. The van der Waals surface area contributed by atoms with Gasteiger partial charge in [-0.05, 0) is 56.1 Å². The summed E-state index contributed by atoms with van der Waals surface area (Å²) in [4.78, 5) is 22.2. The molecular weight excluding hydrogens is 432 g/mol. The van der Waals surface area contributed by atoms with Crippen molar-refractivity contribution in [3.63, 3.8) is 0 Å². The maximum absolute atomic E-state index is 13.1. The Morgan fingerprint density at radius 2 is 2.10 bits per heavy atom. The van der Waals surface area contributed by atoms with Gasteiger partial charge in [0.2, 0.25) is 0 Å². The van der Waals surface area contributed by atoms with Crippen LogP contribution in [-0.2, 0) is 6.42 Å². The number of carbonyl (C=O) groups is 1. The fraction of sp³-hybridized carbons (Fsp3) is 0.391. The predicted octanol–water partition coefficient (Wildman–Crippen LogP) is 4.25. The van der Waals surface area contributed by atoms with Crippen LogP contribution in [-0.4, -0.2) is 40.2 Å². The van der Waals surface area contributed by atoms with Gasteiger partial charge < -0.3 is 20.7 Å². The zero-order valence-electron chi connectivity index (χ0n) is 17.5. The highest BCUT2D eigenvalue weighted by Crippen LogP contribution is 2.30. The summed E-state index contributed by atoms with van der Waals surface area (Å²) >= 11 is 7.56. The number of benzene rings is 1. The summed E-state index contributed by atoms with van der Waals surface area (Å²) < 4.78 is 0. The molecule has 164 valence electrons. The molecule has 0 bridgehead atoms. The number of amides is 1. The van der Waals surface area contributed by atoms with Crippen molar-refractivity contribution in [1.29, 1.82) is 0 Å². The third-order valence-corrected chi connectivity index (χ3v) is 7.19. The van der Waals surface area contributed by atoms with Gasteiger partial charge in [-0.1, -0.05) is 30.2 Å². The van der Waals surface area contributed by atoms with Crippen LogP contribution in [0.2, 0.25) is 5.02 Å². The van der Waals surface area contributed by atoms with Crippen LogP contribution in [0.25, 0.3) is 11.3 Å². The molecule has 1 aliphatic heterocycles. The Labute approximate surface area is 191 Å². The molecule has 4 rings (SSSR count). The van der Waals surface area contributed by atoms with Gasteiger partial charge in [0.1, 0.15) is 10.7 Å². The average Bonchev–Trinajstić information content (AvgIpc) is 3.41. The number of piperidine rings is 1. The van der Waals surface area contributed by atoms with E-state index in [0.717, 1.165) is 52.6 Å². The van der Waals surface area contributed by atoms with Crippen LogP contribution in [0.3, 0.4) is 0 Å². The molecule has 1 saturated heterocycles. The second-order valence-electron chi connectivity index (χ2n) is 7.83. The SMILES string of the molecule is Cc1nc(C(NC(=O)c2ccc(-c3ccc(Cl)cc3)[nH]2)C2CCCCN2)sc1CCO. The number of aliphatic hydroxyl groups is 1. The van der Waals surface area contributed by atoms with E-state index in [9.17, 15) is 9.90 Å². The van der Waals surface area contributed by atoms with E-state index >= 15 is 0 Å². The molecule has 1 fully saturated rings. The van der Waals surface area contributed by atoms with Gasteiger partial charge in [-0.25, -0.2) is 4.98 Å². The van der Waals surface area contributed by atoms with Crippen molar-refractivity contribution >= 4 is 28.8 Å². The van der Waals surface area contributed by atoms with Gasteiger partial charge >= 0.3 is 0 Å². The summed E-state index contributed by atoms with van der Waals surface area (Å²) in [5.74, 6) is -0.158. The lowest BCUT2D eigenvalue weighted by Gasteiger charge is -2.30. The number of aromatic nitrogens is 2. The third-order valence-electron chi connectivity index (χ3n) is 5.64. The predicted molar refractivity (Wildman–Crippen MR) is 125 cm³/mol. The zero-order valence-corrected chi connectivity index (χ0v) is 19.0. The summed E-state index contributed by atoms with van der Waals surface area (Å²) in [5, 5.41) is 17.7. The second-order valence-corrected chi connectivity index (χ2v) is 9.39. The van der Waals surface area contributed by atoms with Crippen LogP contribution < -0.4 is 10.6 Å². The van der Waals surface area contributed by atoms with Gasteiger partial charge in [-0.2, -0.15) is 0 Å². The Bertz CT molecular complexity index is 1020. The number of hydrogen-bond donors (Lipinski definition) is 4. The fourth-order valence-corrected chi connectivity index (χ4v) is 5.26. The standard InChI is InChI=1S/C23H27ClN4O2S/c1-14-20(11-13-29)31-23(26-14)21(18-4-2-3-12-25-18)28-22(30)19-10-9-17(27-19)15-5-7-16(24)8-6-15/h5-10,18,21,25,27,29H,2-4,11-13H2,1H3,(H,28,30). The molecule has 3 aromatic rings. The summed E-state index contributed by atoms with van der Waals surface area (Å²) in [6.07, 6.45) is 3.84. The van der Waals surface area contributed by atoms with Crippen molar-refractivity contribution in [1.82, 2.24) is 20.6 Å². The molecule has 1 aliphatic rings. The maximum atomic E-state index is 13.1. The number of hydrogen-bond acceptors (Lipinski definition) is 5. The van der Waals surface area contributed by atoms with E-state index in [0.29, 0.717) is 17.1 Å². The summed E-state index contributed by atoms with van der Waals surface area (Å²) in [6.45, 7) is 2.99. The highest BCUT2D eigenvalue weighted by molar-refractivity contribution is 7.11. The second kappa shape index (κ2) is 9.96. The smallest absolute Gasteiger partial charge is 0.268 e. The fourth-order valence-electron chi connectivity index (χ4n) is 3.96. The Morgan fingerprint density at radius 3 is 2.81 bits per heavy atom. The molecule has 0 aliphatic carbocycles. The van der Waals surface area contributed by atoms with E-state index in [-0.39, 0.29) is 24.6 Å². The van der Waals surface area contributed by atoms with E-state index in [2.05, 4.69) is 15.6 Å². The quantitative estimate of drug-likeness (QED) is 0.426. The topological polar surface area (TPSA) is 90.0 Å². The van der Waals surface area contributed by atoms with E-state index in [4.69, 9.17) is 16.6 Å². The molecule has 4 N–H and O–H groups in total. The van der Waals surface area contributed by atoms with Gasteiger partial charge in [0, 0.05) is 34.7 Å². The molecule has 0 radical (unpaired) electrons. The number of nitrogens with zero attached hydrogens (tertiary/aromatic N) is 1. The Balaban J connectivity index is 1.56. The lowest BCUT2D eigenvalue weighted by molar-refractivity contribution is 0.0918. The maximum Gasteiger partial charge on any atom is 0.268 e. The molecule has 1 aromatic carbocycles. The molecule has 0 spiro atoms. The van der Waals surface area contributed by atoms with E-state index < -0.39 is 0 Å². The highest BCUT2D eigenvalue weighted by Gasteiger charge is 2.30. The molecule has 3 heterocycles. The first-order chi connectivity index (χ1) is 15.0. The summed E-state index contributed by atoms with van der Waals surface area (Å²) in [7, 11) is 0. The first-order valence-electron chi connectivity index (χ1n) is 10.6. The van der Waals surface area contributed by atoms with Crippen molar-refractivity contribution in [3.05, 3.63) is 62.7 Å². The largest absolute Gasteiger partial charge is 0.396 e. The van der Waals surface area contributed by atoms with Crippen LogP contribution in [0.5, 0.6) is 0 Å². The molecule has 1 amide bonds. The number of nitrogens with one attached hydrogen (secondary N) is 3. The van der Waals surface area contributed by atoms with Gasteiger partial charge in [-0.15, -0.1) is 11.3 Å². The van der Waals surface area contributed by atoms with E-state index in [1.807, 2.05) is 37.3 Å². The van der Waals surface area contributed by atoms with Crippen LogP contribution in [0, 0.1) is 6.92 Å². The van der Waals surface area contributed by atoms with Crippen LogP contribution in [0.1, 0.15) is 51.4 Å². The highest BCUT2D eigenvalue weighted by atomic mass is 35.5. The molecule has 0 saturated carbocycles. The minimum absolute atomic E-state index is 0.0944. The number of aryl methyl sites for hydroxylation is 1. The van der Waals surface area contributed by atoms with Crippen molar-refractivity contribution in [2.75, 3.05) is 13.2 Å². The Kier molecular flexibility index (Phi) is 7.07. The number of halogens is 1. The van der Waals surface area contributed by atoms with Gasteiger partial charge in [-0.3, -0.25) is 4.79 Å². The van der Waals surface area contributed by atoms with Gasteiger partial charge in [0.15, 0.2) is 0 Å². The average molecular weight is 459 g/mol.